The second-order valence-corrected chi connectivity index (χ2v) is 7.84. The van der Waals surface area contributed by atoms with Crippen LogP contribution in [0.5, 0.6) is 5.75 Å². The Morgan fingerprint density at radius 1 is 1.24 bits per heavy atom. The lowest BCUT2D eigenvalue weighted by atomic mass is 9.79. The Hall–Kier alpha value is -1.02. The molecule has 1 unspecified atom stereocenters. The average molecular weight is 289 g/mol. The van der Waals surface area contributed by atoms with Crippen molar-refractivity contribution in [1.29, 1.82) is 0 Å². The number of hydrogen-bond donors (Lipinski definition) is 1. The van der Waals surface area contributed by atoms with Gasteiger partial charge in [-0.05, 0) is 37.8 Å². The number of aryl methyl sites for hydroxylation is 1. The molecule has 1 aromatic rings. The summed E-state index contributed by atoms with van der Waals surface area (Å²) in [5.74, 6) is 1.11. The summed E-state index contributed by atoms with van der Waals surface area (Å²) in [7, 11) is 0. The predicted octanol–water partition coefficient (Wildman–Crippen LogP) is 4.76. The Kier molecular flexibility index (Phi) is 4.39. The van der Waals surface area contributed by atoms with Gasteiger partial charge in [-0.3, -0.25) is 0 Å². The van der Waals surface area contributed by atoms with Crippen molar-refractivity contribution in [3.05, 3.63) is 28.8 Å². The summed E-state index contributed by atoms with van der Waals surface area (Å²) < 4.78 is 6.41. The Morgan fingerprint density at radius 3 is 2.43 bits per heavy atom. The molecule has 0 spiro atoms. The Bertz CT molecular complexity index is 511. The molecule has 2 nitrogen and oxygen atoms in total. The number of rotatable bonds is 3. The van der Waals surface area contributed by atoms with Crippen LogP contribution in [0.1, 0.15) is 77.6 Å². The zero-order valence-corrected chi connectivity index (χ0v) is 14.8. The lowest BCUT2D eigenvalue weighted by molar-refractivity contribution is 0.0639. The first-order valence-electron chi connectivity index (χ1n) is 8.27. The fourth-order valence-corrected chi connectivity index (χ4v) is 3.20. The third kappa shape index (κ3) is 3.42. The number of nitrogens with one attached hydrogen (secondary N) is 1. The molecule has 2 rings (SSSR count). The van der Waals surface area contributed by atoms with Crippen molar-refractivity contribution in [3.63, 3.8) is 0 Å². The molecule has 0 amide bonds. The van der Waals surface area contributed by atoms with Crippen molar-refractivity contribution in [1.82, 2.24) is 5.32 Å². The largest absolute Gasteiger partial charge is 0.487 e. The van der Waals surface area contributed by atoms with E-state index in [-0.39, 0.29) is 11.0 Å². The first-order valence-corrected chi connectivity index (χ1v) is 8.27. The molecule has 0 aromatic heterocycles. The average Bonchev–Trinajstić information content (AvgIpc) is 2.35. The number of benzene rings is 1. The van der Waals surface area contributed by atoms with Crippen molar-refractivity contribution in [3.8, 4) is 5.75 Å². The summed E-state index contributed by atoms with van der Waals surface area (Å²) in [6, 6.07) is 5.07. The minimum absolute atomic E-state index is 0.0967. The van der Waals surface area contributed by atoms with E-state index >= 15 is 0 Å². The Balaban J connectivity index is 2.63. The molecule has 0 fully saturated rings. The van der Waals surface area contributed by atoms with E-state index in [0.29, 0.717) is 6.04 Å². The van der Waals surface area contributed by atoms with Crippen LogP contribution in [0.2, 0.25) is 0 Å². The molecule has 0 saturated heterocycles. The summed E-state index contributed by atoms with van der Waals surface area (Å²) >= 11 is 0. The molecule has 118 valence electrons. The van der Waals surface area contributed by atoms with Crippen LogP contribution in [0.3, 0.4) is 0 Å². The van der Waals surface area contributed by atoms with Gasteiger partial charge in [0.05, 0.1) is 0 Å². The van der Waals surface area contributed by atoms with E-state index < -0.39 is 0 Å². The second-order valence-electron chi connectivity index (χ2n) is 7.84. The van der Waals surface area contributed by atoms with Gasteiger partial charge in [0.2, 0.25) is 0 Å². The van der Waals surface area contributed by atoms with Gasteiger partial charge >= 0.3 is 0 Å². The molecular formula is C19H31NO. The summed E-state index contributed by atoms with van der Waals surface area (Å²) in [5.41, 5.74) is 4.07. The maximum absolute atomic E-state index is 6.41. The lowest BCUT2D eigenvalue weighted by Crippen LogP contribution is -2.40. The zero-order valence-electron chi connectivity index (χ0n) is 14.8. The highest BCUT2D eigenvalue weighted by atomic mass is 16.5. The first kappa shape index (κ1) is 16.4. The molecule has 21 heavy (non-hydrogen) atoms. The normalized spacial score (nSPS) is 20.8. The topological polar surface area (TPSA) is 21.3 Å². The quantitative estimate of drug-likeness (QED) is 0.866. The molecule has 1 aromatic carbocycles. The van der Waals surface area contributed by atoms with Crippen molar-refractivity contribution < 1.29 is 4.74 Å². The van der Waals surface area contributed by atoms with Gasteiger partial charge in [-0.25, -0.2) is 0 Å². The number of fused-ring (bicyclic) bond motifs is 1. The van der Waals surface area contributed by atoms with Gasteiger partial charge in [0.25, 0.3) is 0 Å². The van der Waals surface area contributed by atoms with E-state index in [2.05, 4.69) is 65.9 Å². The molecule has 2 heteroatoms. The molecule has 1 aliphatic heterocycles. The third-order valence-corrected chi connectivity index (χ3v) is 4.29. The molecule has 0 radical (unpaired) electrons. The smallest absolute Gasteiger partial charge is 0.128 e. The summed E-state index contributed by atoms with van der Waals surface area (Å²) in [5, 5.41) is 3.65. The first-order chi connectivity index (χ1) is 9.68. The molecular weight excluding hydrogens is 258 g/mol. The number of hydrogen-bond acceptors (Lipinski definition) is 2. The maximum atomic E-state index is 6.41. The van der Waals surface area contributed by atoms with Gasteiger partial charge in [-0.1, -0.05) is 46.8 Å². The van der Waals surface area contributed by atoms with Crippen LogP contribution in [0.25, 0.3) is 0 Å². The van der Waals surface area contributed by atoms with E-state index in [4.69, 9.17) is 4.74 Å². The minimum Gasteiger partial charge on any atom is -0.487 e. The molecule has 1 aliphatic rings. The van der Waals surface area contributed by atoms with Crippen LogP contribution >= 0.6 is 0 Å². The van der Waals surface area contributed by atoms with E-state index in [1.807, 2.05) is 0 Å². The SMILES string of the molecule is CCNC1CC(C)(C)Oc2c1cc(CC)cc2C(C)(C)C. The van der Waals surface area contributed by atoms with Crippen LogP contribution < -0.4 is 10.1 Å². The molecule has 0 saturated carbocycles. The Labute approximate surface area is 130 Å². The fourth-order valence-electron chi connectivity index (χ4n) is 3.20. The van der Waals surface area contributed by atoms with Gasteiger partial charge in [-0.15, -0.1) is 0 Å². The maximum Gasteiger partial charge on any atom is 0.128 e. The monoisotopic (exact) mass is 289 g/mol. The van der Waals surface area contributed by atoms with Crippen LogP contribution in [-0.2, 0) is 11.8 Å². The Morgan fingerprint density at radius 2 is 1.90 bits per heavy atom. The molecule has 0 aliphatic carbocycles. The molecule has 1 heterocycles. The highest BCUT2D eigenvalue weighted by Crippen LogP contribution is 2.45. The second kappa shape index (κ2) is 5.64. The third-order valence-electron chi connectivity index (χ3n) is 4.29. The zero-order chi connectivity index (χ0) is 15.8. The summed E-state index contributed by atoms with van der Waals surface area (Å²) in [4.78, 5) is 0. The summed E-state index contributed by atoms with van der Waals surface area (Å²) in [6.45, 7) is 16.6. The van der Waals surface area contributed by atoms with Crippen LogP contribution in [0.15, 0.2) is 12.1 Å². The highest BCUT2D eigenvalue weighted by Gasteiger charge is 2.36. The van der Waals surface area contributed by atoms with Crippen LogP contribution in [-0.4, -0.2) is 12.1 Å². The lowest BCUT2D eigenvalue weighted by Gasteiger charge is -2.41. The van der Waals surface area contributed by atoms with Crippen molar-refractivity contribution >= 4 is 0 Å². The fraction of sp³-hybridized carbons (Fsp3) is 0.684. The van der Waals surface area contributed by atoms with Gasteiger partial charge in [0.1, 0.15) is 11.4 Å². The van der Waals surface area contributed by atoms with Gasteiger partial charge < -0.3 is 10.1 Å². The summed E-state index contributed by atoms with van der Waals surface area (Å²) in [6.07, 6.45) is 2.09. The molecule has 0 bridgehead atoms. The van der Waals surface area contributed by atoms with Crippen LogP contribution in [0, 0.1) is 0 Å². The minimum atomic E-state index is -0.117. The van der Waals surface area contributed by atoms with E-state index in [0.717, 1.165) is 25.1 Å². The molecule has 1 atom stereocenters. The van der Waals surface area contributed by atoms with E-state index in [1.165, 1.54) is 16.7 Å². The van der Waals surface area contributed by atoms with Gasteiger partial charge in [0.15, 0.2) is 0 Å². The standard InChI is InChI=1S/C19H31NO/c1-8-13-10-14-16(20-9-2)12-19(6,7)21-17(14)15(11-13)18(3,4)5/h10-11,16,20H,8-9,12H2,1-7H3. The van der Waals surface area contributed by atoms with Gasteiger partial charge in [0, 0.05) is 23.6 Å². The van der Waals surface area contributed by atoms with Crippen molar-refractivity contribution in [2.45, 2.75) is 78.4 Å². The number of ether oxygens (including phenoxy) is 1. The van der Waals surface area contributed by atoms with E-state index in [9.17, 15) is 0 Å². The predicted molar refractivity (Wildman–Crippen MR) is 90.3 cm³/mol. The van der Waals surface area contributed by atoms with Gasteiger partial charge in [-0.2, -0.15) is 0 Å². The van der Waals surface area contributed by atoms with Crippen molar-refractivity contribution in [2.24, 2.45) is 0 Å². The van der Waals surface area contributed by atoms with Crippen LogP contribution in [0.4, 0.5) is 0 Å². The molecule has 1 N–H and O–H groups in total. The van der Waals surface area contributed by atoms with Crippen molar-refractivity contribution in [2.75, 3.05) is 6.54 Å². The van der Waals surface area contributed by atoms with E-state index in [1.54, 1.807) is 0 Å². The highest BCUT2D eigenvalue weighted by molar-refractivity contribution is 5.51.